The lowest BCUT2D eigenvalue weighted by Crippen LogP contribution is -2.30. The topological polar surface area (TPSA) is 58.1 Å². The highest BCUT2D eigenvalue weighted by atomic mass is 16.2. The number of benzene rings is 2. The summed E-state index contributed by atoms with van der Waals surface area (Å²) in [6, 6.07) is 20.1. The molecule has 0 saturated heterocycles. The van der Waals surface area contributed by atoms with Crippen LogP contribution in [-0.4, -0.2) is 21.9 Å². The first kappa shape index (κ1) is 19.1. The summed E-state index contributed by atoms with van der Waals surface area (Å²) in [7, 11) is 0. The standard InChI is InChI=1S/C24H26N4O/c29-23(20-16-25-24(26-17-20)27-21-12-6-2-7-13-21)28(22-14-8-3-9-15-22)18-19-10-4-1-5-11-19/h1,3-5,8-11,14-17,21H,2,6-7,12-13,18H2,(H,25,26,27). The predicted octanol–water partition coefficient (Wildman–Crippen LogP) is 5.07. The minimum Gasteiger partial charge on any atom is -0.351 e. The van der Waals surface area contributed by atoms with Crippen LogP contribution in [0.25, 0.3) is 0 Å². The van der Waals surface area contributed by atoms with Gasteiger partial charge in [-0.15, -0.1) is 0 Å². The number of hydrogen-bond acceptors (Lipinski definition) is 4. The molecule has 3 aromatic rings. The Morgan fingerprint density at radius 2 is 1.52 bits per heavy atom. The minimum absolute atomic E-state index is 0.107. The molecule has 29 heavy (non-hydrogen) atoms. The zero-order valence-corrected chi connectivity index (χ0v) is 16.5. The monoisotopic (exact) mass is 386 g/mol. The summed E-state index contributed by atoms with van der Waals surface area (Å²) in [5.74, 6) is 0.493. The fourth-order valence-corrected chi connectivity index (χ4v) is 3.75. The molecule has 4 rings (SSSR count). The molecule has 1 heterocycles. The zero-order chi connectivity index (χ0) is 19.9. The largest absolute Gasteiger partial charge is 0.351 e. The zero-order valence-electron chi connectivity index (χ0n) is 16.5. The van der Waals surface area contributed by atoms with Gasteiger partial charge in [-0.25, -0.2) is 9.97 Å². The van der Waals surface area contributed by atoms with Crippen LogP contribution >= 0.6 is 0 Å². The van der Waals surface area contributed by atoms with Crippen LogP contribution in [0.3, 0.4) is 0 Å². The second kappa shape index (κ2) is 9.32. The first-order chi connectivity index (χ1) is 14.3. The molecule has 0 aliphatic heterocycles. The Bertz CT molecular complexity index is 907. The Kier molecular flexibility index (Phi) is 6.15. The van der Waals surface area contributed by atoms with E-state index in [1.807, 2.05) is 60.7 Å². The number of nitrogens with one attached hydrogen (secondary N) is 1. The fourth-order valence-electron chi connectivity index (χ4n) is 3.75. The van der Waals surface area contributed by atoms with E-state index in [1.165, 1.54) is 19.3 Å². The number of carbonyl (C=O) groups is 1. The van der Waals surface area contributed by atoms with Crippen molar-refractivity contribution in [1.29, 1.82) is 0 Å². The maximum absolute atomic E-state index is 13.3. The van der Waals surface area contributed by atoms with Gasteiger partial charge in [0.1, 0.15) is 0 Å². The van der Waals surface area contributed by atoms with Crippen LogP contribution in [-0.2, 0) is 6.54 Å². The van der Waals surface area contributed by atoms with Crippen LogP contribution in [0.15, 0.2) is 73.1 Å². The molecule has 0 spiro atoms. The molecule has 1 fully saturated rings. The molecule has 2 aromatic carbocycles. The van der Waals surface area contributed by atoms with E-state index in [0.717, 1.165) is 24.1 Å². The van der Waals surface area contributed by atoms with E-state index in [9.17, 15) is 4.79 Å². The lowest BCUT2D eigenvalue weighted by Gasteiger charge is -2.24. The highest BCUT2D eigenvalue weighted by Crippen LogP contribution is 2.22. The van der Waals surface area contributed by atoms with E-state index in [4.69, 9.17) is 0 Å². The van der Waals surface area contributed by atoms with Gasteiger partial charge in [0.25, 0.3) is 5.91 Å². The highest BCUT2D eigenvalue weighted by Gasteiger charge is 2.20. The lowest BCUT2D eigenvalue weighted by atomic mass is 9.96. The van der Waals surface area contributed by atoms with Gasteiger partial charge in [0, 0.05) is 24.1 Å². The molecule has 1 aliphatic rings. The summed E-state index contributed by atoms with van der Waals surface area (Å²) in [6.07, 6.45) is 9.37. The maximum Gasteiger partial charge on any atom is 0.261 e. The number of nitrogens with zero attached hydrogens (tertiary/aromatic N) is 3. The molecule has 1 saturated carbocycles. The van der Waals surface area contributed by atoms with Crippen molar-refractivity contribution in [2.75, 3.05) is 10.2 Å². The quantitative estimate of drug-likeness (QED) is 0.643. The maximum atomic E-state index is 13.3. The molecule has 0 unspecified atom stereocenters. The van der Waals surface area contributed by atoms with Gasteiger partial charge in [0.15, 0.2) is 0 Å². The van der Waals surface area contributed by atoms with Crippen molar-refractivity contribution in [3.63, 3.8) is 0 Å². The Labute approximate surface area is 171 Å². The van der Waals surface area contributed by atoms with Crippen molar-refractivity contribution in [3.8, 4) is 0 Å². The third kappa shape index (κ3) is 4.99. The number of para-hydroxylation sites is 1. The van der Waals surface area contributed by atoms with Crippen molar-refractivity contribution in [1.82, 2.24) is 9.97 Å². The summed E-state index contributed by atoms with van der Waals surface area (Å²) < 4.78 is 0. The first-order valence-electron chi connectivity index (χ1n) is 10.3. The van der Waals surface area contributed by atoms with Crippen molar-refractivity contribution in [3.05, 3.63) is 84.2 Å². The van der Waals surface area contributed by atoms with Gasteiger partial charge in [-0.1, -0.05) is 67.8 Å². The van der Waals surface area contributed by atoms with E-state index < -0.39 is 0 Å². The molecule has 5 heteroatoms. The van der Waals surface area contributed by atoms with Crippen molar-refractivity contribution < 1.29 is 4.79 Å². The van der Waals surface area contributed by atoms with E-state index in [2.05, 4.69) is 15.3 Å². The molecule has 0 atom stereocenters. The van der Waals surface area contributed by atoms with Gasteiger partial charge in [0.05, 0.1) is 12.1 Å². The van der Waals surface area contributed by atoms with Crippen LogP contribution in [0.1, 0.15) is 48.0 Å². The smallest absolute Gasteiger partial charge is 0.261 e. The van der Waals surface area contributed by atoms with Crippen molar-refractivity contribution >= 4 is 17.5 Å². The van der Waals surface area contributed by atoms with Gasteiger partial charge < -0.3 is 10.2 Å². The Hall–Kier alpha value is -3.21. The number of rotatable bonds is 6. The molecule has 1 N–H and O–H groups in total. The van der Waals surface area contributed by atoms with Crippen molar-refractivity contribution in [2.45, 2.75) is 44.7 Å². The molecule has 1 amide bonds. The van der Waals surface area contributed by atoms with E-state index >= 15 is 0 Å². The first-order valence-corrected chi connectivity index (χ1v) is 10.3. The van der Waals surface area contributed by atoms with Crippen LogP contribution in [0, 0.1) is 0 Å². The fraction of sp³-hybridized carbons (Fsp3) is 0.292. The van der Waals surface area contributed by atoms with Gasteiger partial charge >= 0.3 is 0 Å². The number of carbonyl (C=O) groups excluding carboxylic acids is 1. The number of hydrogen-bond donors (Lipinski definition) is 1. The molecular weight excluding hydrogens is 360 g/mol. The molecular formula is C24H26N4O. The normalized spacial score (nSPS) is 14.3. The molecule has 0 radical (unpaired) electrons. The molecule has 148 valence electrons. The summed E-state index contributed by atoms with van der Waals surface area (Å²) in [5.41, 5.74) is 2.41. The van der Waals surface area contributed by atoms with E-state index in [0.29, 0.717) is 24.1 Å². The Morgan fingerprint density at radius 1 is 0.897 bits per heavy atom. The van der Waals surface area contributed by atoms with Crippen LogP contribution in [0.4, 0.5) is 11.6 Å². The second-order valence-electron chi connectivity index (χ2n) is 7.49. The third-order valence-corrected chi connectivity index (χ3v) is 5.33. The van der Waals surface area contributed by atoms with E-state index in [1.54, 1.807) is 17.3 Å². The Morgan fingerprint density at radius 3 is 2.17 bits per heavy atom. The van der Waals surface area contributed by atoms with Gasteiger partial charge in [-0.05, 0) is 30.5 Å². The predicted molar refractivity (Wildman–Crippen MR) is 116 cm³/mol. The summed E-state index contributed by atoms with van der Waals surface area (Å²) >= 11 is 0. The van der Waals surface area contributed by atoms with Gasteiger partial charge in [-0.3, -0.25) is 4.79 Å². The van der Waals surface area contributed by atoms with Crippen LogP contribution in [0.2, 0.25) is 0 Å². The van der Waals surface area contributed by atoms with Crippen LogP contribution in [0.5, 0.6) is 0 Å². The second-order valence-corrected chi connectivity index (χ2v) is 7.49. The van der Waals surface area contributed by atoms with Crippen LogP contribution < -0.4 is 10.2 Å². The average molecular weight is 386 g/mol. The van der Waals surface area contributed by atoms with E-state index in [-0.39, 0.29) is 5.91 Å². The molecule has 1 aliphatic carbocycles. The number of aromatic nitrogens is 2. The summed E-state index contributed by atoms with van der Waals surface area (Å²) in [6.45, 7) is 0.492. The highest BCUT2D eigenvalue weighted by molar-refractivity contribution is 6.05. The summed E-state index contributed by atoms with van der Waals surface area (Å²) in [5, 5.41) is 3.40. The third-order valence-electron chi connectivity index (χ3n) is 5.33. The number of anilines is 2. The average Bonchev–Trinajstić information content (AvgIpc) is 2.79. The summed E-state index contributed by atoms with van der Waals surface area (Å²) in [4.78, 5) is 23.9. The van der Waals surface area contributed by atoms with Gasteiger partial charge in [0.2, 0.25) is 5.95 Å². The molecule has 0 bridgehead atoms. The molecule has 5 nitrogen and oxygen atoms in total. The minimum atomic E-state index is -0.107. The molecule has 1 aromatic heterocycles. The Balaban J connectivity index is 1.52. The SMILES string of the molecule is O=C(c1cnc(NC2CCCCC2)nc1)N(Cc1ccccc1)c1ccccc1. The van der Waals surface area contributed by atoms with Crippen molar-refractivity contribution in [2.24, 2.45) is 0 Å². The lowest BCUT2D eigenvalue weighted by molar-refractivity contribution is 0.0984. The number of amides is 1. The van der Waals surface area contributed by atoms with Gasteiger partial charge in [-0.2, -0.15) is 0 Å².